The minimum absolute atomic E-state index is 0.434. The predicted molar refractivity (Wildman–Crippen MR) is 39.4 cm³/mol. The molecule has 0 aromatic heterocycles. The highest BCUT2D eigenvalue weighted by molar-refractivity contribution is 5.83. The van der Waals surface area contributed by atoms with Crippen LogP contribution in [0.1, 0.15) is 6.42 Å². The molecule has 1 saturated heterocycles. The van der Waals surface area contributed by atoms with Crippen molar-refractivity contribution in [1.82, 2.24) is 4.90 Å². The summed E-state index contributed by atoms with van der Waals surface area (Å²) >= 11 is 0. The third kappa shape index (κ3) is 2.84. The molecule has 1 amide bonds. The van der Waals surface area contributed by atoms with Crippen LogP contribution in [0.3, 0.4) is 0 Å². The van der Waals surface area contributed by atoms with Gasteiger partial charge in [-0.2, -0.15) is 0 Å². The standard InChI is InChI=1S/C7H12FN2O/c8-6-1-3-10(5-6)4-2-7(9)11/h2,6H,1,3-5H2,(H2,9,11)/t6-/m0/s1. The van der Waals surface area contributed by atoms with Gasteiger partial charge in [0, 0.05) is 19.6 Å². The molecule has 0 unspecified atom stereocenters. The van der Waals surface area contributed by atoms with E-state index in [0.29, 0.717) is 19.5 Å². The minimum Gasteiger partial charge on any atom is -0.369 e. The van der Waals surface area contributed by atoms with E-state index >= 15 is 0 Å². The summed E-state index contributed by atoms with van der Waals surface area (Å²) in [5.74, 6) is -0.438. The minimum atomic E-state index is -0.726. The Balaban J connectivity index is 2.13. The summed E-state index contributed by atoms with van der Waals surface area (Å²) in [6.45, 7) is 1.64. The largest absolute Gasteiger partial charge is 0.369 e. The molecule has 0 spiro atoms. The lowest BCUT2D eigenvalue weighted by molar-refractivity contribution is -0.115. The van der Waals surface area contributed by atoms with Crippen molar-refractivity contribution in [3.8, 4) is 0 Å². The Morgan fingerprint density at radius 1 is 1.82 bits per heavy atom. The average Bonchev–Trinajstić information content (AvgIpc) is 2.31. The Bertz CT molecular complexity index is 151. The zero-order chi connectivity index (χ0) is 8.27. The normalized spacial score (nSPS) is 25.7. The van der Waals surface area contributed by atoms with E-state index in [0.717, 1.165) is 6.54 Å². The SMILES string of the molecule is NC(=O)[CH]CN1CC[C@H](F)C1. The van der Waals surface area contributed by atoms with Crippen LogP contribution in [0.4, 0.5) is 4.39 Å². The fourth-order valence-electron chi connectivity index (χ4n) is 1.17. The first-order valence-electron chi connectivity index (χ1n) is 3.67. The molecule has 1 fully saturated rings. The van der Waals surface area contributed by atoms with Crippen LogP contribution in [0, 0.1) is 6.42 Å². The summed E-state index contributed by atoms with van der Waals surface area (Å²) in [7, 11) is 0. The van der Waals surface area contributed by atoms with E-state index in [4.69, 9.17) is 5.73 Å². The molecule has 0 aromatic rings. The van der Waals surface area contributed by atoms with Crippen LogP contribution in [0.5, 0.6) is 0 Å². The van der Waals surface area contributed by atoms with E-state index in [1.165, 1.54) is 6.42 Å². The summed E-state index contributed by atoms with van der Waals surface area (Å²) in [6.07, 6.45) is 1.22. The summed E-state index contributed by atoms with van der Waals surface area (Å²) in [5, 5.41) is 0. The van der Waals surface area contributed by atoms with Gasteiger partial charge in [0.2, 0.25) is 5.91 Å². The van der Waals surface area contributed by atoms with Gasteiger partial charge in [0.1, 0.15) is 6.17 Å². The number of likely N-dealkylation sites (tertiary alicyclic amines) is 1. The van der Waals surface area contributed by atoms with Crippen LogP contribution >= 0.6 is 0 Å². The van der Waals surface area contributed by atoms with Crippen molar-refractivity contribution in [1.29, 1.82) is 0 Å². The number of amides is 1. The molecule has 0 aromatic carbocycles. The van der Waals surface area contributed by atoms with Crippen molar-refractivity contribution in [3.63, 3.8) is 0 Å². The lowest BCUT2D eigenvalue weighted by atomic mass is 10.3. The van der Waals surface area contributed by atoms with Crippen molar-refractivity contribution >= 4 is 5.91 Å². The zero-order valence-electron chi connectivity index (χ0n) is 6.29. The van der Waals surface area contributed by atoms with Crippen LogP contribution < -0.4 is 5.73 Å². The number of rotatable bonds is 3. The Hall–Kier alpha value is -0.640. The van der Waals surface area contributed by atoms with Gasteiger partial charge >= 0.3 is 0 Å². The molecule has 3 nitrogen and oxygen atoms in total. The van der Waals surface area contributed by atoms with Crippen molar-refractivity contribution in [2.75, 3.05) is 19.6 Å². The second-order valence-corrected chi connectivity index (χ2v) is 2.75. The van der Waals surface area contributed by atoms with Crippen molar-refractivity contribution in [2.45, 2.75) is 12.6 Å². The molecule has 1 aliphatic heterocycles. The van der Waals surface area contributed by atoms with E-state index in [1.807, 2.05) is 4.90 Å². The van der Waals surface area contributed by atoms with Gasteiger partial charge in [-0.05, 0) is 6.42 Å². The van der Waals surface area contributed by atoms with Crippen LogP contribution in [-0.4, -0.2) is 36.6 Å². The quantitative estimate of drug-likeness (QED) is 0.615. The van der Waals surface area contributed by atoms with Crippen LogP contribution in [0.15, 0.2) is 0 Å². The van der Waals surface area contributed by atoms with E-state index in [-0.39, 0.29) is 0 Å². The number of primary amides is 1. The van der Waals surface area contributed by atoms with E-state index in [2.05, 4.69) is 0 Å². The van der Waals surface area contributed by atoms with Gasteiger partial charge in [-0.15, -0.1) is 0 Å². The van der Waals surface area contributed by atoms with Gasteiger partial charge in [-0.25, -0.2) is 4.39 Å². The second-order valence-electron chi connectivity index (χ2n) is 2.75. The summed E-state index contributed by atoms with van der Waals surface area (Å²) < 4.78 is 12.5. The van der Waals surface area contributed by atoms with Crippen LogP contribution in [-0.2, 0) is 4.79 Å². The summed E-state index contributed by atoms with van der Waals surface area (Å²) in [5.41, 5.74) is 4.89. The molecule has 11 heavy (non-hydrogen) atoms. The highest BCUT2D eigenvalue weighted by Gasteiger charge is 2.21. The Kier molecular flexibility index (Phi) is 2.82. The first-order chi connectivity index (χ1) is 5.18. The molecule has 0 bridgehead atoms. The van der Waals surface area contributed by atoms with E-state index in [1.54, 1.807) is 0 Å². The number of carbonyl (C=O) groups is 1. The maximum atomic E-state index is 12.5. The number of nitrogens with zero attached hydrogens (tertiary/aromatic N) is 1. The smallest absolute Gasteiger partial charge is 0.222 e. The molecule has 63 valence electrons. The highest BCUT2D eigenvalue weighted by atomic mass is 19.1. The highest BCUT2D eigenvalue weighted by Crippen LogP contribution is 2.11. The molecular formula is C7H12FN2O. The van der Waals surface area contributed by atoms with Gasteiger partial charge in [-0.3, -0.25) is 9.69 Å². The summed E-state index contributed by atoms with van der Waals surface area (Å²) in [6, 6.07) is 0. The molecule has 0 aliphatic carbocycles. The van der Waals surface area contributed by atoms with Gasteiger partial charge in [0.15, 0.2) is 0 Å². The topological polar surface area (TPSA) is 46.3 Å². The first kappa shape index (κ1) is 8.46. The van der Waals surface area contributed by atoms with E-state index in [9.17, 15) is 9.18 Å². The molecule has 2 N–H and O–H groups in total. The van der Waals surface area contributed by atoms with E-state index < -0.39 is 12.1 Å². The number of hydrogen-bond donors (Lipinski definition) is 1. The average molecular weight is 159 g/mol. The lowest BCUT2D eigenvalue weighted by Crippen LogP contribution is -2.26. The molecule has 4 heteroatoms. The third-order valence-corrected chi connectivity index (χ3v) is 1.77. The lowest BCUT2D eigenvalue weighted by Gasteiger charge is -2.11. The fourth-order valence-corrected chi connectivity index (χ4v) is 1.17. The van der Waals surface area contributed by atoms with Crippen LogP contribution in [0.25, 0.3) is 0 Å². The molecule has 1 rings (SSSR count). The molecule has 1 aliphatic rings. The predicted octanol–water partition coefficient (Wildman–Crippen LogP) is -0.280. The van der Waals surface area contributed by atoms with Gasteiger partial charge in [-0.1, -0.05) is 0 Å². The number of alkyl halides is 1. The number of halogens is 1. The maximum Gasteiger partial charge on any atom is 0.222 e. The van der Waals surface area contributed by atoms with Crippen molar-refractivity contribution in [2.24, 2.45) is 5.73 Å². The van der Waals surface area contributed by atoms with Crippen molar-refractivity contribution in [3.05, 3.63) is 6.42 Å². The number of hydrogen-bond acceptors (Lipinski definition) is 2. The molecule has 1 radical (unpaired) electrons. The van der Waals surface area contributed by atoms with Crippen LogP contribution in [0.2, 0.25) is 0 Å². The van der Waals surface area contributed by atoms with Gasteiger partial charge in [0.05, 0.1) is 6.42 Å². The third-order valence-electron chi connectivity index (χ3n) is 1.77. The zero-order valence-corrected chi connectivity index (χ0v) is 6.29. The molecule has 1 atom stereocenters. The number of carbonyl (C=O) groups excluding carboxylic acids is 1. The Morgan fingerprint density at radius 2 is 2.55 bits per heavy atom. The monoisotopic (exact) mass is 159 g/mol. The Morgan fingerprint density at radius 3 is 3.00 bits per heavy atom. The summed E-state index contributed by atoms with van der Waals surface area (Å²) in [4.78, 5) is 12.2. The second kappa shape index (κ2) is 3.67. The molecular weight excluding hydrogens is 147 g/mol. The van der Waals surface area contributed by atoms with Gasteiger partial charge < -0.3 is 5.73 Å². The Labute approximate surface area is 65.3 Å². The molecule has 0 saturated carbocycles. The number of nitrogens with two attached hydrogens (primary N) is 1. The van der Waals surface area contributed by atoms with Gasteiger partial charge in [0.25, 0.3) is 0 Å². The first-order valence-corrected chi connectivity index (χ1v) is 3.67. The molecule has 1 heterocycles. The van der Waals surface area contributed by atoms with Crippen molar-refractivity contribution < 1.29 is 9.18 Å². The maximum absolute atomic E-state index is 12.5. The fraction of sp³-hybridized carbons (Fsp3) is 0.714.